The van der Waals surface area contributed by atoms with Crippen LogP contribution in [0.1, 0.15) is 5.56 Å². The van der Waals surface area contributed by atoms with Gasteiger partial charge in [-0.15, -0.1) is 0 Å². The molecule has 2 amide bonds. The summed E-state index contributed by atoms with van der Waals surface area (Å²) in [5, 5.41) is 5.32. The van der Waals surface area contributed by atoms with E-state index < -0.39 is 0 Å². The van der Waals surface area contributed by atoms with Gasteiger partial charge in [0, 0.05) is 5.69 Å². The summed E-state index contributed by atoms with van der Waals surface area (Å²) in [5.74, 6) is 0.840. The van der Waals surface area contributed by atoms with Crippen LogP contribution < -0.4 is 20.1 Å². The molecule has 2 aromatic rings. The number of carbonyl (C=O) groups is 2. The standard InChI is InChI=1S/C18H18N2O4/c21-17(19-12-18(22)20-14-4-2-1-3-5-14)11-13-6-7-15-16(10-13)24-9-8-23-15/h1-7,10H,8-9,11-12H2,(H,19,21)(H,20,22). The van der Waals surface area contributed by atoms with Crippen LogP contribution in [0.4, 0.5) is 5.69 Å². The minimum atomic E-state index is -0.267. The Bertz CT molecular complexity index is 731. The van der Waals surface area contributed by atoms with Crippen LogP contribution in [0.5, 0.6) is 11.5 Å². The van der Waals surface area contributed by atoms with E-state index in [1.54, 1.807) is 24.3 Å². The lowest BCUT2D eigenvalue weighted by atomic mass is 10.1. The number of para-hydroxylation sites is 1. The van der Waals surface area contributed by atoms with Crippen molar-refractivity contribution in [1.29, 1.82) is 0 Å². The fourth-order valence-electron chi connectivity index (χ4n) is 2.35. The Morgan fingerprint density at radius 2 is 1.67 bits per heavy atom. The van der Waals surface area contributed by atoms with Gasteiger partial charge in [-0.25, -0.2) is 0 Å². The van der Waals surface area contributed by atoms with Gasteiger partial charge in [0.25, 0.3) is 0 Å². The largest absolute Gasteiger partial charge is 0.486 e. The third kappa shape index (κ3) is 4.25. The Hall–Kier alpha value is -3.02. The number of amides is 2. The Balaban J connectivity index is 1.48. The maximum absolute atomic E-state index is 12.0. The van der Waals surface area contributed by atoms with Crippen molar-refractivity contribution in [2.75, 3.05) is 25.1 Å². The number of hydrogen-bond donors (Lipinski definition) is 2. The van der Waals surface area contributed by atoms with Gasteiger partial charge in [-0.2, -0.15) is 0 Å². The summed E-state index contributed by atoms with van der Waals surface area (Å²) in [7, 11) is 0. The van der Waals surface area contributed by atoms with Crippen LogP contribution in [-0.4, -0.2) is 31.6 Å². The molecule has 0 bridgehead atoms. The molecule has 124 valence electrons. The summed E-state index contributed by atoms with van der Waals surface area (Å²) in [5.41, 5.74) is 1.50. The summed E-state index contributed by atoms with van der Waals surface area (Å²) in [4.78, 5) is 23.8. The van der Waals surface area contributed by atoms with Gasteiger partial charge in [-0.1, -0.05) is 24.3 Å². The van der Waals surface area contributed by atoms with Crippen molar-refractivity contribution in [3.05, 3.63) is 54.1 Å². The van der Waals surface area contributed by atoms with Gasteiger partial charge in [0.2, 0.25) is 11.8 Å². The van der Waals surface area contributed by atoms with E-state index in [2.05, 4.69) is 10.6 Å². The Morgan fingerprint density at radius 3 is 2.46 bits per heavy atom. The van der Waals surface area contributed by atoms with Crippen molar-refractivity contribution >= 4 is 17.5 Å². The fraction of sp³-hybridized carbons (Fsp3) is 0.222. The molecular formula is C18H18N2O4. The molecule has 0 saturated carbocycles. The topological polar surface area (TPSA) is 76.7 Å². The van der Waals surface area contributed by atoms with Crippen LogP contribution in [-0.2, 0) is 16.0 Å². The van der Waals surface area contributed by atoms with E-state index in [4.69, 9.17) is 9.47 Å². The molecule has 0 saturated heterocycles. The Morgan fingerprint density at radius 1 is 0.917 bits per heavy atom. The number of rotatable bonds is 5. The van der Waals surface area contributed by atoms with Crippen LogP contribution in [0, 0.1) is 0 Å². The maximum Gasteiger partial charge on any atom is 0.243 e. The normalized spacial score (nSPS) is 12.3. The van der Waals surface area contributed by atoms with E-state index in [-0.39, 0.29) is 24.8 Å². The first-order valence-corrected chi connectivity index (χ1v) is 7.71. The first-order chi connectivity index (χ1) is 11.7. The summed E-state index contributed by atoms with van der Waals surface area (Å²) in [6.45, 7) is 0.962. The fourth-order valence-corrected chi connectivity index (χ4v) is 2.35. The van der Waals surface area contributed by atoms with Crippen molar-refractivity contribution in [2.24, 2.45) is 0 Å². The average molecular weight is 326 g/mol. The molecule has 0 fully saturated rings. The molecule has 3 rings (SSSR count). The number of hydrogen-bond acceptors (Lipinski definition) is 4. The monoisotopic (exact) mass is 326 g/mol. The van der Waals surface area contributed by atoms with E-state index in [9.17, 15) is 9.59 Å². The van der Waals surface area contributed by atoms with Gasteiger partial charge in [0.15, 0.2) is 11.5 Å². The minimum absolute atomic E-state index is 0.0712. The van der Waals surface area contributed by atoms with Gasteiger partial charge in [0.1, 0.15) is 13.2 Å². The highest BCUT2D eigenvalue weighted by Crippen LogP contribution is 2.30. The number of ether oxygens (including phenoxy) is 2. The lowest BCUT2D eigenvalue weighted by molar-refractivity contribution is -0.123. The maximum atomic E-state index is 12.0. The third-order valence-electron chi connectivity index (χ3n) is 3.47. The van der Waals surface area contributed by atoms with E-state index in [1.165, 1.54) is 0 Å². The first-order valence-electron chi connectivity index (χ1n) is 7.71. The van der Waals surface area contributed by atoms with Crippen LogP contribution in [0.25, 0.3) is 0 Å². The summed E-state index contributed by atoms with van der Waals surface area (Å²) < 4.78 is 10.9. The molecule has 1 aliphatic heterocycles. The van der Waals surface area contributed by atoms with E-state index >= 15 is 0 Å². The van der Waals surface area contributed by atoms with Crippen LogP contribution in [0.3, 0.4) is 0 Å². The summed E-state index contributed by atoms with van der Waals surface area (Å²) in [6.07, 6.45) is 0.176. The highest BCUT2D eigenvalue weighted by atomic mass is 16.6. The zero-order valence-electron chi connectivity index (χ0n) is 13.1. The van der Waals surface area contributed by atoms with Crippen molar-refractivity contribution in [3.8, 4) is 11.5 Å². The van der Waals surface area contributed by atoms with E-state index in [0.717, 1.165) is 5.56 Å². The second kappa shape index (κ2) is 7.50. The van der Waals surface area contributed by atoms with E-state index in [1.807, 2.05) is 24.3 Å². The van der Waals surface area contributed by atoms with Gasteiger partial charge in [0.05, 0.1) is 13.0 Å². The number of fused-ring (bicyclic) bond motifs is 1. The van der Waals surface area contributed by atoms with Crippen molar-refractivity contribution in [2.45, 2.75) is 6.42 Å². The second-order valence-corrected chi connectivity index (χ2v) is 5.35. The molecule has 1 heterocycles. The minimum Gasteiger partial charge on any atom is -0.486 e. The van der Waals surface area contributed by atoms with Gasteiger partial charge >= 0.3 is 0 Å². The average Bonchev–Trinajstić information content (AvgIpc) is 2.61. The van der Waals surface area contributed by atoms with Gasteiger partial charge in [-0.3, -0.25) is 9.59 Å². The summed E-state index contributed by atoms with van der Waals surface area (Å²) in [6, 6.07) is 14.5. The molecule has 2 aromatic carbocycles. The molecule has 2 N–H and O–H groups in total. The third-order valence-corrected chi connectivity index (χ3v) is 3.47. The molecule has 0 aliphatic carbocycles. The van der Waals surface area contributed by atoms with Gasteiger partial charge < -0.3 is 20.1 Å². The highest BCUT2D eigenvalue weighted by molar-refractivity contribution is 5.94. The first kappa shape index (κ1) is 15.9. The molecule has 0 unspecified atom stereocenters. The van der Waals surface area contributed by atoms with Gasteiger partial charge in [-0.05, 0) is 29.8 Å². The van der Waals surface area contributed by atoms with Crippen LogP contribution >= 0.6 is 0 Å². The van der Waals surface area contributed by atoms with Crippen LogP contribution in [0.2, 0.25) is 0 Å². The Labute approximate surface area is 139 Å². The highest BCUT2D eigenvalue weighted by Gasteiger charge is 2.13. The van der Waals surface area contributed by atoms with Crippen LogP contribution in [0.15, 0.2) is 48.5 Å². The molecule has 0 aromatic heterocycles. The van der Waals surface area contributed by atoms with Crippen molar-refractivity contribution in [3.63, 3.8) is 0 Å². The Kier molecular flexibility index (Phi) is 4.96. The number of anilines is 1. The molecule has 24 heavy (non-hydrogen) atoms. The lowest BCUT2D eigenvalue weighted by Gasteiger charge is -2.18. The molecule has 0 spiro atoms. The number of nitrogens with one attached hydrogen (secondary N) is 2. The lowest BCUT2D eigenvalue weighted by Crippen LogP contribution is -2.33. The molecule has 0 atom stereocenters. The quantitative estimate of drug-likeness (QED) is 0.878. The SMILES string of the molecule is O=C(Cc1ccc2c(c1)OCCO2)NCC(=O)Nc1ccccc1. The second-order valence-electron chi connectivity index (χ2n) is 5.35. The number of carbonyl (C=O) groups excluding carboxylic acids is 2. The molecular weight excluding hydrogens is 308 g/mol. The number of benzene rings is 2. The molecule has 6 nitrogen and oxygen atoms in total. The zero-order chi connectivity index (χ0) is 16.8. The smallest absolute Gasteiger partial charge is 0.243 e. The van der Waals surface area contributed by atoms with E-state index in [0.29, 0.717) is 30.4 Å². The van der Waals surface area contributed by atoms with Crippen molar-refractivity contribution < 1.29 is 19.1 Å². The predicted molar refractivity (Wildman–Crippen MR) is 89.2 cm³/mol. The predicted octanol–water partition coefficient (Wildman–Crippen LogP) is 1.76. The summed E-state index contributed by atoms with van der Waals surface area (Å²) >= 11 is 0. The molecule has 0 radical (unpaired) electrons. The molecule has 6 heteroatoms. The van der Waals surface area contributed by atoms with Crippen molar-refractivity contribution in [1.82, 2.24) is 5.32 Å². The molecule has 1 aliphatic rings. The zero-order valence-corrected chi connectivity index (χ0v) is 13.1.